The third kappa shape index (κ3) is 3.34. The van der Waals surface area contributed by atoms with E-state index < -0.39 is 0 Å². The van der Waals surface area contributed by atoms with Crippen LogP contribution in [0, 0.1) is 23.2 Å². The van der Waals surface area contributed by atoms with Gasteiger partial charge in [-0.25, -0.2) is 0 Å². The number of hydrogen-bond acceptors (Lipinski definition) is 5. The second-order valence-corrected chi connectivity index (χ2v) is 10.2. The third-order valence-corrected chi connectivity index (χ3v) is 8.50. The normalized spacial score (nSPS) is 46.8. The van der Waals surface area contributed by atoms with Gasteiger partial charge in [0, 0.05) is 25.6 Å². The van der Waals surface area contributed by atoms with Gasteiger partial charge in [-0.2, -0.15) is 0 Å². The molecule has 0 bridgehead atoms. The van der Waals surface area contributed by atoms with E-state index in [1.807, 2.05) is 0 Å². The van der Waals surface area contributed by atoms with Gasteiger partial charge in [0.2, 0.25) is 0 Å². The Morgan fingerprint density at radius 1 is 1.19 bits per heavy atom. The Morgan fingerprint density at radius 2 is 2.00 bits per heavy atom. The van der Waals surface area contributed by atoms with Crippen molar-refractivity contribution < 1.29 is 14.3 Å². The molecule has 3 heterocycles. The largest absolute Gasteiger partial charge is 0.462 e. The van der Waals surface area contributed by atoms with E-state index in [1.54, 1.807) is 0 Å². The predicted molar refractivity (Wildman–Crippen MR) is 103 cm³/mol. The molecule has 2 aliphatic carbocycles. The predicted octanol–water partition coefficient (Wildman–Crippen LogP) is 2.59. The lowest BCUT2D eigenvalue weighted by Crippen LogP contribution is -2.51. The third-order valence-electron chi connectivity index (χ3n) is 8.50. The zero-order valence-corrected chi connectivity index (χ0v) is 16.9. The van der Waals surface area contributed by atoms with Gasteiger partial charge >= 0.3 is 5.97 Å². The van der Waals surface area contributed by atoms with E-state index in [9.17, 15) is 4.79 Å². The Balaban J connectivity index is 1.18. The number of carbonyl (C=O) groups excluding carboxylic acids is 1. The van der Waals surface area contributed by atoms with Gasteiger partial charge < -0.3 is 19.7 Å². The van der Waals surface area contributed by atoms with Crippen LogP contribution in [0.2, 0.25) is 0 Å². The number of nitrogens with one attached hydrogen (secondary N) is 1. The van der Waals surface area contributed by atoms with E-state index in [4.69, 9.17) is 9.47 Å². The molecular weight excluding hydrogens is 340 g/mol. The van der Waals surface area contributed by atoms with Crippen molar-refractivity contribution in [2.24, 2.45) is 23.2 Å². The summed E-state index contributed by atoms with van der Waals surface area (Å²) in [7, 11) is 0. The minimum Gasteiger partial charge on any atom is -0.462 e. The van der Waals surface area contributed by atoms with Crippen LogP contribution >= 0.6 is 0 Å². The van der Waals surface area contributed by atoms with Crippen LogP contribution < -0.4 is 5.32 Å². The van der Waals surface area contributed by atoms with Gasteiger partial charge in [-0.3, -0.25) is 4.79 Å². The number of epoxide rings is 1. The second kappa shape index (κ2) is 7.00. The summed E-state index contributed by atoms with van der Waals surface area (Å²) in [6.07, 6.45) is 10.1. The van der Waals surface area contributed by atoms with Gasteiger partial charge in [-0.1, -0.05) is 13.3 Å². The van der Waals surface area contributed by atoms with Crippen molar-refractivity contribution in [3.8, 4) is 0 Å². The number of likely N-dealkylation sites (tertiary alicyclic amines) is 1. The van der Waals surface area contributed by atoms with Crippen LogP contribution in [0.3, 0.4) is 0 Å². The number of ether oxygens (including phenoxy) is 2. The van der Waals surface area contributed by atoms with Gasteiger partial charge in [0.15, 0.2) is 0 Å². The Morgan fingerprint density at radius 3 is 2.78 bits per heavy atom. The summed E-state index contributed by atoms with van der Waals surface area (Å²) < 4.78 is 11.9. The molecule has 6 atom stereocenters. The first-order valence-corrected chi connectivity index (χ1v) is 11.4. The molecule has 0 aromatic rings. The van der Waals surface area contributed by atoms with Gasteiger partial charge in [0.25, 0.3) is 0 Å². The molecule has 0 unspecified atom stereocenters. The summed E-state index contributed by atoms with van der Waals surface area (Å²) in [5.74, 6) is 1.09. The fraction of sp³-hybridized carbons (Fsp3) is 0.955. The monoisotopic (exact) mass is 376 g/mol. The molecule has 5 nitrogen and oxygen atoms in total. The Hall–Kier alpha value is -0.650. The molecule has 5 aliphatic rings. The van der Waals surface area contributed by atoms with Gasteiger partial charge in [-0.15, -0.1) is 0 Å². The molecule has 5 heteroatoms. The first-order valence-electron chi connectivity index (χ1n) is 11.4. The van der Waals surface area contributed by atoms with Crippen LogP contribution in [-0.2, 0) is 14.3 Å². The molecule has 2 saturated carbocycles. The van der Waals surface area contributed by atoms with Crippen LogP contribution in [0.25, 0.3) is 0 Å². The summed E-state index contributed by atoms with van der Waals surface area (Å²) in [5.41, 5.74) is 0.447. The molecule has 3 aliphatic heterocycles. The SMILES string of the molecule is C[C@]12CCC[C@]3(CO3)[C@H]1C[C@@H]1[C@H](CNCCN3CCCCC3)C(=O)O[C@@H]1C2. The Bertz CT molecular complexity index is 572. The summed E-state index contributed by atoms with van der Waals surface area (Å²) in [6.45, 7) is 8.71. The first kappa shape index (κ1) is 18.4. The van der Waals surface area contributed by atoms with Crippen molar-refractivity contribution >= 4 is 5.97 Å². The number of rotatable bonds is 5. The summed E-state index contributed by atoms with van der Waals surface area (Å²) in [5, 5.41) is 3.58. The molecule has 1 N–H and O–H groups in total. The molecule has 0 radical (unpaired) electrons. The van der Waals surface area contributed by atoms with Crippen LogP contribution in [0.15, 0.2) is 0 Å². The Labute approximate surface area is 163 Å². The fourth-order valence-electron chi connectivity index (χ4n) is 6.87. The van der Waals surface area contributed by atoms with Crippen molar-refractivity contribution in [3.63, 3.8) is 0 Å². The molecule has 0 aromatic carbocycles. The smallest absolute Gasteiger partial charge is 0.310 e. The quantitative estimate of drug-likeness (QED) is 0.454. The van der Waals surface area contributed by atoms with Crippen LogP contribution in [0.1, 0.15) is 58.3 Å². The molecule has 1 spiro atoms. The van der Waals surface area contributed by atoms with Gasteiger partial charge in [-0.05, 0) is 69.4 Å². The van der Waals surface area contributed by atoms with E-state index in [2.05, 4.69) is 17.1 Å². The van der Waals surface area contributed by atoms with Crippen molar-refractivity contribution in [1.82, 2.24) is 10.2 Å². The number of esters is 1. The number of piperidine rings is 1. The minimum absolute atomic E-state index is 0.0404. The van der Waals surface area contributed by atoms with Crippen molar-refractivity contribution in [2.45, 2.75) is 70.0 Å². The molecule has 152 valence electrons. The molecule has 5 rings (SSSR count). The van der Waals surface area contributed by atoms with E-state index in [-0.39, 0.29) is 23.6 Å². The lowest BCUT2D eigenvalue weighted by Gasteiger charge is -2.51. The number of fused-ring (bicyclic) bond motifs is 3. The van der Waals surface area contributed by atoms with E-state index >= 15 is 0 Å². The molecule has 5 fully saturated rings. The second-order valence-electron chi connectivity index (χ2n) is 10.2. The van der Waals surface area contributed by atoms with E-state index in [0.29, 0.717) is 17.3 Å². The van der Waals surface area contributed by atoms with Crippen LogP contribution in [0.4, 0.5) is 0 Å². The highest BCUT2D eigenvalue weighted by Gasteiger charge is 2.64. The topological polar surface area (TPSA) is 54.1 Å². The van der Waals surface area contributed by atoms with E-state index in [0.717, 1.165) is 39.1 Å². The lowest BCUT2D eigenvalue weighted by atomic mass is 9.53. The highest BCUT2D eigenvalue weighted by Crippen LogP contribution is 2.62. The zero-order chi connectivity index (χ0) is 18.5. The van der Waals surface area contributed by atoms with Crippen molar-refractivity contribution in [2.75, 3.05) is 39.3 Å². The highest BCUT2D eigenvalue weighted by atomic mass is 16.6. The van der Waals surface area contributed by atoms with Gasteiger partial charge in [0.05, 0.1) is 18.1 Å². The number of carbonyl (C=O) groups is 1. The number of nitrogens with zero attached hydrogens (tertiary/aromatic N) is 1. The maximum absolute atomic E-state index is 12.6. The lowest BCUT2D eigenvalue weighted by molar-refractivity contribution is -0.147. The molecule has 27 heavy (non-hydrogen) atoms. The standard InChI is InChI=1S/C22H36N2O3/c1-21-6-5-7-22(15-26-22)19(21)12-16-17(20(25)27-18(16)13-21)14-23-8-11-24-9-3-2-4-10-24/h16-19,23H,2-15H2,1H3/t16-,17+,18-,19+,21-,22+/m1/s1. The van der Waals surface area contributed by atoms with E-state index in [1.165, 1.54) is 51.6 Å². The minimum atomic E-state index is 0.0404. The Kier molecular flexibility index (Phi) is 4.76. The zero-order valence-electron chi connectivity index (χ0n) is 16.9. The van der Waals surface area contributed by atoms with Crippen LogP contribution in [0.5, 0.6) is 0 Å². The maximum Gasteiger partial charge on any atom is 0.310 e. The van der Waals surface area contributed by atoms with Crippen molar-refractivity contribution in [3.05, 3.63) is 0 Å². The maximum atomic E-state index is 12.6. The molecular formula is C22H36N2O3. The highest BCUT2D eigenvalue weighted by molar-refractivity contribution is 5.75. The number of hydrogen-bond donors (Lipinski definition) is 1. The first-order chi connectivity index (χ1) is 13.1. The summed E-state index contributed by atoms with van der Waals surface area (Å²) in [6, 6.07) is 0. The summed E-state index contributed by atoms with van der Waals surface area (Å²) in [4.78, 5) is 15.2. The fourth-order valence-corrected chi connectivity index (χ4v) is 6.87. The molecule has 0 amide bonds. The molecule has 3 saturated heterocycles. The van der Waals surface area contributed by atoms with Crippen molar-refractivity contribution in [1.29, 1.82) is 0 Å². The average Bonchev–Trinajstić information content (AvgIpc) is 3.36. The van der Waals surface area contributed by atoms with Crippen LogP contribution in [-0.4, -0.2) is 61.9 Å². The summed E-state index contributed by atoms with van der Waals surface area (Å²) >= 11 is 0. The van der Waals surface area contributed by atoms with Gasteiger partial charge in [0.1, 0.15) is 6.10 Å². The average molecular weight is 377 g/mol. The molecule has 0 aromatic heterocycles.